The zero-order chi connectivity index (χ0) is 15.4. The van der Waals surface area contributed by atoms with Gasteiger partial charge in [0.15, 0.2) is 5.82 Å². The summed E-state index contributed by atoms with van der Waals surface area (Å²) < 4.78 is 5.22. The molecule has 0 aliphatic carbocycles. The van der Waals surface area contributed by atoms with Crippen molar-refractivity contribution in [1.82, 2.24) is 9.97 Å². The van der Waals surface area contributed by atoms with Crippen LogP contribution in [0.3, 0.4) is 0 Å². The highest BCUT2D eigenvalue weighted by atomic mass is 16.5. The minimum absolute atomic E-state index is 0.0125. The topological polar surface area (TPSA) is 136 Å². The minimum Gasteiger partial charge on any atom is -0.394 e. The number of rotatable bonds is 3. The van der Waals surface area contributed by atoms with E-state index in [2.05, 4.69) is 20.1 Å². The highest BCUT2D eigenvalue weighted by Gasteiger charge is 2.38. The average Bonchev–Trinajstić information content (AvgIpc) is 2.51. The van der Waals surface area contributed by atoms with Crippen LogP contribution in [-0.2, 0) is 4.74 Å². The van der Waals surface area contributed by atoms with Crippen molar-refractivity contribution < 1.29 is 20.1 Å². The van der Waals surface area contributed by atoms with Gasteiger partial charge in [-0.25, -0.2) is 0 Å². The van der Waals surface area contributed by atoms with Crippen LogP contribution < -0.4 is 5.32 Å². The van der Waals surface area contributed by atoms with Gasteiger partial charge in [-0.1, -0.05) is 0 Å². The first-order chi connectivity index (χ1) is 10.1. The van der Waals surface area contributed by atoms with Crippen LogP contribution in [0, 0.1) is 17.9 Å². The summed E-state index contributed by atoms with van der Waals surface area (Å²) in [5.41, 5.74) is 0.0125. The molecule has 4 N–H and O–H groups in total. The van der Waals surface area contributed by atoms with Crippen LogP contribution >= 0.6 is 0 Å². The van der Waals surface area contributed by atoms with E-state index in [1.54, 1.807) is 6.07 Å². The number of hydrogen-bond donors (Lipinski definition) is 4. The number of anilines is 1. The molecule has 0 unspecified atom stereocenters. The lowest BCUT2D eigenvalue weighted by Gasteiger charge is -2.37. The Hall–Kier alpha value is -2.30. The summed E-state index contributed by atoms with van der Waals surface area (Å²) in [6, 6.07) is 2.44. The molecular weight excluding hydrogens is 278 g/mol. The number of nitrogens with one attached hydrogen (secondary N) is 1. The van der Waals surface area contributed by atoms with Crippen molar-refractivity contribution in [1.29, 1.82) is 5.26 Å². The maximum atomic E-state index is 9.98. The molecule has 0 aromatic carbocycles. The van der Waals surface area contributed by atoms with Crippen molar-refractivity contribution >= 4 is 11.8 Å². The third-order valence-electron chi connectivity index (χ3n) is 3.08. The Morgan fingerprint density at radius 1 is 1.48 bits per heavy atom. The van der Waals surface area contributed by atoms with E-state index in [0.717, 1.165) is 0 Å². The highest BCUT2D eigenvalue weighted by Crippen LogP contribution is 2.20. The standard InChI is InChI=1S/C12H13N5O4/c1-14-12-15-6(3-13)2-9(17-12)16-7-5-21-8(4-18)11(20)10(7)19/h2,7-8,10-11,18-20H,4-5H2,(H,15,16,17)/t7-,8+,10+,11-/m0/s1. The highest BCUT2D eigenvalue weighted by molar-refractivity contribution is 5.46. The number of hydrogen-bond acceptors (Lipinski definition) is 8. The van der Waals surface area contributed by atoms with Crippen LogP contribution in [0.1, 0.15) is 5.69 Å². The zero-order valence-electron chi connectivity index (χ0n) is 10.8. The van der Waals surface area contributed by atoms with Crippen LogP contribution in [0.4, 0.5) is 11.8 Å². The molecule has 0 bridgehead atoms. The molecule has 0 amide bonds. The van der Waals surface area contributed by atoms with Gasteiger partial charge in [-0.3, -0.25) is 0 Å². The van der Waals surface area contributed by atoms with Gasteiger partial charge in [-0.05, 0) is 0 Å². The number of aliphatic hydroxyl groups is 3. The van der Waals surface area contributed by atoms with Gasteiger partial charge in [0.05, 0.1) is 19.3 Å². The summed E-state index contributed by atoms with van der Waals surface area (Å²) in [6.07, 6.45) is -3.29. The normalized spacial score (nSPS) is 28.4. The maximum absolute atomic E-state index is 9.98. The SMILES string of the molecule is [C-]#[N+]c1nc(C#N)cc(N[C@H]2CO[C@H](CO)[C@H](O)[C@@H]2O)n1. The molecule has 21 heavy (non-hydrogen) atoms. The van der Waals surface area contributed by atoms with Gasteiger partial charge in [0, 0.05) is 6.07 Å². The van der Waals surface area contributed by atoms with Crippen molar-refractivity contribution in [3.63, 3.8) is 0 Å². The Balaban J connectivity index is 2.16. The minimum atomic E-state index is -1.25. The van der Waals surface area contributed by atoms with E-state index in [4.69, 9.17) is 21.7 Å². The second-order valence-corrected chi connectivity index (χ2v) is 4.45. The van der Waals surface area contributed by atoms with Gasteiger partial charge in [0.25, 0.3) is 0 Å². The van der Waals surface area contributed by atoms with E-state index in [1.165, 1.54) is 6.07 Å². The first-order valence-electron chi connectivity index (χ1n) is 6.10. The Labute approximate surface area is 120 Å². The van der Waals surface area contributed by atoms with E-state index in [-0.39, 0.29) is 24.1 Å². The molecule has 9 nitrogen and oxygen atoms in total. The second kappa shape index (κ2) is 6.43. The van der Waals surface area contributed by atoms with Gasteiger partial charge in [-0.2, -0.15) is 5.26 Å². The molecule has 1 aliphatic heterocycles. The van der Waals surface area contributed by atoms with Crippen LogP contribution in [0.5, 0.6) is 0 Å². The number of nitrogens with zero attached hydrogens (tertiary/aromatic N) is 4. The van der Waals surface area contributed by atoms with Crippen molar-refractivity contribution in [2.45, 2.75) is 24.4 Å². The molecule has 1 aliphatic rings. The Bertz CT molecular complexity index is 564. The van der Waals surface area contributed by atoms with Gasteiger partial charge in [0.1, 0.15) is 24.4 Å². The maximum Gasteiger partial charge on any atom is 0.374 e. The third kappa shape index (κ3) is 3.24. The summed E-state index contributed by atoms with van der Waals surface area (Å²) in [5.74, 6) is -0.0219. The average molecular weight is 291 g/mol. The second-order valence-electron chi connectivity index (χ2n) is 4.45. The van der Waals surface area contributed by atoms with Gasteiger partial charge in [-0.15, -0.1) is 16.5 Å². The van der Waals surface area contributed by atoms with Crippen molar-refractivity contribution in [2.24, 2.45) is 0 Å². The lowest BCUT2D eigenvalue weighted by atomic mass is 9.98. The van der Waals surface area contributed by atoms with Gasteiger partial charge in [0.2, 0.25) is 5.69 Å². The smallest absolute Gasteiger partial charge is 0.374 e. The molecule has 1 fully saturated rings. The van der Waals surface area contributed by atoms with Gasteiger partial charge < -0.3 is 30.2 Å². The molecule has 1 aromatic rings. The van der Waals surface area contributed by atoms with E-state index in [0.29, 0.717) is 0 Å². The molecular formula is C12H13N5O4. The number of aromatic nitrogens is 2. The quantitative estimate of drug-likeness (QED) is 0.509. The van der Waals surface area contributed by atoms with E-state index < -0.39 is 31.0 Å². The molecule has 2 rings (SSSR count). The van der Waals surface area contributed by atoms with Crippen LogP contribution in [0.2, 0.25) is 0 Å². The summed E-state index contributed by atoms with van der Waals surface area (Å²) in [5, 5.41) is 40.4. The van der Waals surface area contributed by atoms with Crippen molar-refractivity contribution in [3.05, 3.63) is 23.2 Å². The number of nitriles is 1. The summed E-state index contributed by atoms with van der Waals surface area (Å²) in [7, 11) is 0. The van der Waals surface area contributed by atoms with E-state index >= 15 is 0 Å². The Kier molecular flexibility index (Phi) is 4.62. The predicted octanol–water partition coefficient (Wildman–Crippen LogP) is -1.21. The molecule has 0 saturated carbocycles. The molecule has 1 aromatic heterocycles. The van der Waals surface area contributed by atoms with E-state index in [9.17, 15) is 10.2 Å². The molecule has 2 heterocycles. The van der Waals surface area contributed by atoms with Crippen LogP contribution in [0.25, 0.3) is 4.85 Å². The summed E-state index contributed by atoms with van der Waals surface area (Å²) in [6.45, 7) is 6.50. The summed E-state index contributed by atoms with van der Waals surface area (Å²) >= 11 is 0. The molecule has 1 saturated heterocycles. The number of aliphatic hydroxyl groups excluding tert-OH is 3. The zero-order valence-corrected chi connectivity index (χ0v) is 10.8. The largest absolute Gasteiger partial charge is 0.394 e. The molecule has 4 atom stereocenters. The molecule has 0 spiro atoms. The first kappa shape index (κ1) is 15.1. The van der Waals surface area contributed by atoms with E-state index in [1.807, 2.05) is 0 Å². The third-order valence-corrected chi connectivity index (χ3v) is 3.08. The van der Waals surface area contributed by atoms with Crippen molar-refractivity contribution in [3.8, 4) is 6.07 Å². The van der Waals surface area contributed by atoms with Crippen molar-refractivity contribution in [2.75, 3.05) is 18.5 Å². The summed E-state index contributed by atoms with van der Waals surface area (Å²) in [4.78, 5) is 10.6. The lowest BCUT2D eigenvalue weighted by molar-refractivity contribution is -0.152. The van der Waals surface area contributed by atoms with Crippen LogP contribution in [0.15, 0.2) is 6.07 Å². The fraction of sp³-hybridized carbons (Fsp3) is 0.500. The monoisotopic (exact) mass is 291 g/mol. The predicted molar refractivity (Wildman–Crippen MR) is 69.3 cm³/mol. The van der Waals surface area contributed by atoms with Crippen LogP contribution in [-0.4, -0.2) is 62.9 Å². The first-order valence-corrected chi connectivity index (χ1v) is 6.10. The Morgan fingerprint density at radius 3 is 2.86 bits per heavy atom. The molecule has 0 radical (unpaired) electrons. The lowest BCUT2D eigenvalue weighted by Crippen LogP contribution is -2.56. The Morgan fingerprint density at radius 2 is 2.24 bits per heavy atom. The fourth-order valence-electron chi connectivity index (χ4n) is 1.98. The fourth-order valence-corrected chi connectivity index (χ4v) is 1.98. The number of ether oxygens (including phenoxy) is 1. The molecule has 110 valence electrons. The van der Waals surface area contributed by atoms with Gasteiger partial charge >= 0.3 is 5.95 Å². The molecule has 9 heteroatoms.